The zero-order valence-corrected chi connectivity index (χ0v) is 11.4. The molecule has 0 aliphatic heterocycles. The number of hydrogen-bond acceptors (Lipinski definition) is 2. The van der Waals surface area contributed by atoms with E-state index in [0.717, 1.165) is 30.2 Å². The lowest BCUT2D eigenvalue weighted by atomic mass is 10.2. The molecule has 1 aromatic rings. The molecule has 0 aliphatic carbocycles. The minimum absolute atomic E-state index is 0.537. The van der Waals surface area contributed by atoms with Gasteiger partial charge in [-0.25, -0.2) is 4.98 Å². The van der Waals surface area contributed by atoms with Crippen molar-refractivity contribution in [3.8, 4) is 0 Å². The molecular formula is C13H21ClN2. The summed E-state index contributed by atoms with van der Waals surface area (Å²) in [5.41, 5.74) is 2.15. The molecule has 0 bridgehead atoms. The first-order valence-corrected chi connectivity index (χ1v) is 6.39. The summed E-state index contributed by atoms with van der Waals surface area (Å²) in [4.78, 5) is 6.91. The van der Waals surface area contributed by atoms with Crippen LogP contribution >= 0.6 is 11.6 Å². The second-order valence-electron chi connectivity index (χ2n) is 4.48. The Morgan fingerprint density at radius 3 is 2.50 bits per heavy atom. The van der Waals surface area contributed by atoms with E-state index in [9.17, 15) is 0 Å². The number of pyridine rings is 1. The van der Waals surface area contributed by atoms with E-state index in [1.807, 2.05) is 6.92 Å². The lowest BCUT2D eigenvalue weighted by Crippen LogP contribution is -2.28. The second-order valence-corrected chi connectivity index (χ2v) is 4.75. The molecule has 90 valence electrons. The fraction of sp³-hybridized carbons (Fsp3) is 0.615. The number of alkyl halides is 1. The number of nitrogens with zero attached hydrogens (tertiary/aromatic N) is 2. The molecule has 0 unspecified atom stereocenters. The molecule has 16 heavy (non-hydrogen) atoms. The first-order valence-electron chi connectivity index (χ1n) is 5.85. The fourth-order valence-electron chi connectivity index (χ4n) is 1.72. The molecule has 0 fully saturated rings. The molecule has 0 aromatic carbocycles. The Morgan fingerprint density at radius 1 is 1.38 bits per heavy atom. The normalized spacial score (nSPS) is 10.9. The first-order chi connectivity index (χ1) is 7.58. The van der Waals surface area contributed by atoms with Crippen molar-refractivity contribution < 1.29 is 0 Å². The van der Waals surface area contributed by atoms with Crippen LogP contribution < -0.4 is 4.90 Å². The van der Waals surface area contributed by atoms with Gasteiger partial charge in [-0.3, -0.25) is 0 Å². The molecule has 3 heteroatoms. The van der Waals surface area contributed by atoms with Gasteiger partial charge in [0.05, 0.1) is 0 Å². The van der Waals surface area contributed by atoms with Crippen LogP contribution in [0.4, 0.5) is 5.82 Å². The van der Waals surface area contributed by atoms with Gasteiger partial charge < -0.3 is 4.90 Å². The lowest BCUT2D eigenvalue weighted by molar-refractivity contribution is 0.614. The van der Waals surface area contributed by atoms with Crippen LogP contribution in [0.3, 0.4) is 0 Å². The molecule has 0 N–H and O–H groups in total. The highest BCUT2D eigenvalue weighted by molar-refractivity contribution is 6.17. The van der Waals surface area contributed by atoms with Gasteiger partial charge in [-0.15, -0.1) is 11.6 Å². The summed E-state index contributed by atoms with van der Waals surface area (Å²) in [5.74, 6) is 2.24. The third kappa shape index (κ3) is 3.38. The zero-order chi connectivity index (χ0) is 12.1. The zero-order valence-electron chi connectivity index (χ0n) is 10.6. The summed E-state index contributed by atoms with van der Waals surface area (Å²) in [6.07, 6.45) is 0. The van der Waals surface area contributed by atoms with Crippen LogP contribution in [-0.2, 0) is 5.88 Å². The van der Waals surface area contributed by atoms with Crippen LogP contribution in [0.25, 0.3) is 0 Å². The number of rotatable bonds is 5. The Kier molecular flexibility index (Phi) is 5.07. The average Bonchev–Trinajstić information content (AvgIpc) is 2.25. The van der Waals surface area contributed by atoms with Crippen molar-refractivity contribution in [3.05, 3.63) is 23.4 Å². The van der Waals surface area contributed by atoms with Gasteiger partial charge >= 0.3 is 0 Å². The molecule has 1 heterocycles. The standard InChI is InChI=1S/C13H21ClN2/c1-5-16(9-10(2)3)13-7-6-12(8-14)11(4)15-13/h6-7,10H,5,8-9H2,1-4H3. The van der Waals surface area contributed by atoms with Crippen molar-refractivity contribution in [2.45, 2.75) is 33.6 Å². The van der Waals surface area contributed by atoms with Gasteiger partial charge in [0, 0.05) is 24.7 Å². The molecule has 0 radical (unpaired) electrons. The van der Waals surface area contributed by atoms with Crippen molar-refractivity contribution in [2.75, 3.05) is 18.0 Å². The van der Waals surface area contributed by atoms with Gasteiger partial charge in [-0.2, -0.15) is 0 Å². The maximum Gasteiger partial charge on any atom is 0.128 e. The molecule has 0 spiro atoms. The average molecular weight is 241 g/mol. The third-order valence-electron chi connectivity index (χ3n) is 2.62. The van der Waals surface area contributed by atoms with E-state index in [1.165, 1.54) is 0 Å². The molecule has 0 atom stereocenters. The van der Waals surface area contributed by atoms with Crippen LogP contribution in [-0.4, -0.2) is 18.1 Å². The van der Waals surface area contributed by atoms with Crippen LogP contribution in [0.2, 0.25) is 0 Å². The minimum atomic E-state index is 0.537. The van der Waals surface area contributed by atoms with Gasteiger partial charge in [0.25, 0.3) is 0 Å². The number of hydrogen-bond donors (Lipinski definition) is 0. The Hall–Kier alpha value is -0.760. The number of aryl methyl sites for hydroxylation is 1. The van der Waals surface area contributed by atoms with E-state index in [2.05, 4.69) is 42.8 Å². The first kappa shape index (κ1) is 13.3. The predicted octanol–water partition coefficient (Wildman–Crippen LogP) is 3.61. The Morgan fingerprint density at radius 2 is 2.06 bits per heavy atom. The number of anilines is 1. The largest absolute Gasteiger partial charge is 0.357 e. The van der Waals surface area contributed by atoms with Gasteiger partial charge in [0.2, 0.25) is 0 Å². The molecular weight excluding hydrogens is 220 g/mol. The quantitative estimate of drug-likeness (QED) is 0.731. The molecule has 2 nitrogen and oxygen atoms in total. The van der Waals surface area contributed by atoms with Crippen molar-refractivity contribution in [1.82, 2.24) is 4.98 Å². The Labute approximate surface area is 104 Å². The predicted molar refractivity (Wildman–Crippen MR) is 71.3 cm³/mol. The van der Waals surface area contributed by atoms with E-state index in [4.69, 9.17) is 11.6 Å². The third-order valence-corrected chi connectivity index (χ3v) is 2.90. The molecule has 0 aliphatic rings. The number of aromatic nitrogens is 1. The van der Waals surface area contributed by atoms with Gasteiger partial charge in [0.1, 0.15) is 5.82 Å². The van der Waals surface area contributed by atoms with Gasteiger partial charge in [-0.05, 0) is 31.4 Å². The van der Waals surface area contributed by atoms with Crippen LogP contribution in [0.15, 0.2) is 12.1 Å². The molecule has 1 aromatic heterocycles. The molecule has 0 saturated carbocycles. The maximum absolute atomic E-state index is 5.83. The van der Waals surface area contributed by atoms with E-state index >= 15 is 0 Å². The summed E-state index contributed by atoms with van der Waals surface area (Å²) < 4.78 is 0. The topological polar surface area (TPSA) is 16.1 Å². The van der Waals surface area contributed by atoms with Gasteiger partial charge in [0.15, 0.2) is 0 Å². The summed E-state index contributed by atoms with van der Waals surface area (Å²) in [5, 5.41) is 0. The van der Waals surface area contributed by atoms with Crippen molar-refractivity contribution in [2.24, 2.45) is 5.92 Å². The van der Waals surface area contributed by atoms with E-state index in [0.29, 0.717) is 11.8 Å². The smallest absolute Gasteiger partial charge is 0.128 e. The Bertz CT molecular complexity index is 337. The summed E-state index contributed by atoms with van der Waals surface area (Å²) in [7, 11) is 0. The molecule has 1 rings (SSSR count). The van der Waals surface area contributed by atoms with Crippen molar-refractivity contribution in [1.29, 1.82) is 0 Å². The second kappa shape index (κ2) is 6.09. The molecule has 0 amide bonds. The summed E-state index contributed by atoms with van der Waals surface area (Å²) in [6, 6.07) is 4.14. The van der Waals surface area contributed by atoms with Gasteiger partial charge in [-0.1, -0.05) is 19.9 Å². The van der Waals surface area contributed by atoms with Crippen LogP contribution in [0, 0.1) is 12.8 Å². The summed E-state index contributed by atoms with van der Waals surface area (Å²) in [6.45, 7) is 10.7. The van der Waals surface area contributed by atoms with E-state index in [1.54, 1.807) is 0 Å². The fourth-order valence-corrected chi connectivity index (χ4v) is 2.00. The lowest BCUT2D eigenvalue weighted by Gasteiger charge is -2.24. The van der Waals surface area contributed by atoms with Crippen molar-refractivity contribution >= 4 is 17.4 Å². The minimum Gasteiger partial charge on any atom is -0.357 e. The monoisotopic (exact) mass is 240 g/mol. The molecule has 0 saturated heterocycles. The maximum atomic E-state index is 5.83. The van der Waals surface area contributed by atoms with Crippen LogP contribution in [0.5, 0.6) is 0 Å². The van der Waals surface area contributed by atoms with Crippen molar-refractivity contribution in [3.63, 3.8) is 0 Å². The highest BCUT2D eigenvalue weighted by Gasteiger charge is 2.09. The van der Waals surface area contributed by atoms with Crippen LogP contribution in [0.1, 0.15) is 32.0 Å². The van der Waals surface area contributed by atoms with E-state index in [-0.39, 0.29) is 0 Å². The van der Waals surface area contributed by atoms with E-state index < -0.39 is 0 Å². The summed E-state index contributed by atoms with van der Waals surface area (Å²) >= 11 is 5.83. The highest BCUT2D eigenvalue weighted by Crippen LogP contribution is 2.17. The SMILES string of the molecule is CCN(CC(C)C)c1ccc(CCl)c(C)n1. The number of halogens is 1. The highest BCUT2D eigenvalue weighted by atomic mass is 35.5. The Balaban J connectivity index is 2.89.